The predicted molar refractivity (Wildman–Crippen MR) is 77.5 cm³/mol. The molecule has 1 aliphatic rings. The molecule has 4 unspecified atom stereocenters. The highest BCUT2D eigenvalue weighted by Crippen LogP contribution is 2.27. The lowest BCUT2D eigenvalue weighted by Crippen LogP contribution is -2.46. The van der Waals surface area contributed by atoms with Gasteiger partial charge in [-0.2, -0.15) is 0 Å². The zero-order valence-corrected chi connectivity index (χ0v) is 12.7. The van der Waals surface area contributed by atoms with E-state index in [0.717, 1.165) is 31.2 Å². The van der Waals surface area contributed by atoms with Crippen molar-refractivity contribution in [2.24, 2.45) is 17.6 Å². The molecule has 0 bridgehead atoms. The van der Waals surface area contributed by atoms with Gasteiger partial charge in [0.25, 0.3) is 0 Å². The predicted octanol–water partition coefficient (Wildman–Crippen LogP) is 2.23. The van der Waals surface area contributed by atoms with Crippen LogP contribution in [-0.2, 0) is 0 Å². The minimum Gasteiger partial charge on any atom is -0.389 e. The molecule has 3 heteroatoms. The van der Waals surface area contributed by atoms with Crippen LogP contribution in [0, 0.1) is 11.8 Å². The van der Waals surface area contributed by atoms with Crippen molar-refractivity contribution < 1.29 is 5.11 Å². The van der Waals surface area contributed by atoms with Crippen LogP contribution < -0.4 is 5.73 Å². The van der Waals surface area contributed by atoms with Gasteiger partial charge < -0.3 is 15.7 Å². The van der Waals surface area contributed by atoms with E-state index in [9.17, 15) is 5.11 Å². The molecule has 1 fully saturated rings. The van der Waals surface area contributed by atoms with Crippen LogP contribution in [0.1, 0.15) is 53.4 Å². The van der Waals surface area contributed by atoms with Gasteiger partial charge in [0.15, 0.2) is 0 Å². The molecular weight excluding hydrogens is 224 g/mol. The molecule has 4 atom stereocenters. The molecule has 3 N–H and O–H groups in total. The first-order valence-corrected chi connectivity index (χ1v) is 7.52. The number of piperidine rings is 1. The van der Waals surface area contributed by atoms with E-state index in [1.807, 2.05) is 6.92 Å². The van der Waals surface area contributed by atoms with E-state index in [1.54, 1.807) is 0 Å². The van der Waals surface area contributed by atoms with E-state index in [2.05, 4.69) is 25.7 Å². The summed E-state index contributed by atoms with van der Waals surface area (Å²) in [6.45, 7) is 11.7. The molecule has 0 aromatic rings. The van der Waals surface area contributed by atoms with Crippen LogP contribution in [-0.4, -0.2) is 41.3 Å². The Labute approximate surface area is 113 Å². The number of nitrogens with two attached hydrogens (primary N) is 1. The number of rotatable bonds is 6. The first kappa shape index (κ1) is 15.9. The molecule has 0 amide bonds. The molecule has 0 aromatic carbocycles. The Balaban J connectivity index is 2.26. The third-order valence-corrected chi connectivity index (χ3v) is 4.57. The van der Waals surface area contributed by atoms with Crippen molar-refractivity contribution in [1.82, 2.24) is 4.90 Å². The number of aliphatic hydroxyl groups is 1. The highest BCUT2D eigenvalue weighted by Gasteiger charge is 2.28. The second kappa shape index (κ2) is 6.88. The largest absolute Gasteiger partial charge is 0.389 e. The first-order valence-electron chi connectivity index (χ1n) is 7.52. The van der Waals surface area contributed by atoms with Crippen LogP contribution in [0.3, 0.4) is 0 Å². The average molecular weight is 256 g/mol. The molecule has 18 heavy (non-hydrogen) atoms. The molecule has 0 radical (unpaired) electrons. The maximum absolute atomic E-state index is 9.86. The van der Waals surface area contributed by atoms with Gasteiger partial charge in [-0.25, -0.2) is 0 Å². The Bertz CT molecular complexity index is 243. The Hall–Kier alpha value is -0.120. The minimum absolute atomic E-state index is 0.362. The zero-order valence-electron chi connectivity index (χ0n) is 12.7. The molecule has 1 aliphatic heterocycles. The molecule has 0 saturated carbocycles. The second-order valence-electron chi connectivity index (χ2n) is 6.71. The standard InChI is InChI=1S/C15H32N2O/c1-12-9-13(2)14(3)17(10-12)8-6-5-7-15(4,18)11-16/h12-14,18H,5-11,16H2,1-4H3. The summed E-state index contributed by atoms with van der Waals surface area (Å²) in [6, 6.07) is 0.705. The lowest BCUT2D eigenvalue weighted by Gasteiger charge is -2.41. The fraction of sp³-hybridized carbons (Fsp3) is 1.00. The number of hydrogen-bond acceptors (Lipinski definition) is 3. The summed E-state index contributed by atoms with van der Waals surface area (Å²) in [5.41, 5.74) is 4.86. The van der Waals surface area contributed by atoms with Gasteiger partial charge in [-0.05, 0) is 57.9 Å². The summed E-state index contributed by atoms with van der Waals surface area (Å²) >= 11 is 0. The van der Waals surface area contributed by atoms with Crippen molar-refractivity contribution in [2.75, 3.05) is 19.6 Å². The molecular formula is C15H32N2O. The fourth-order valence-corrected chi connectivity index (χ4v) is 3.05. The fourth-order valence-electron chi connectivity index (χ4n) is 3.05. The van der Waals surface area contributed by atoms with E-state index in [4.69, 9.17) is 5.73 Å². The molecule has 3 nitrogen and oxygen atoms in total. The minimum atomic E-state index is -0.673. The van der Waals surface area contributed by atoms with Gasteiger partial charge in [0.2, 0.25) is 0 Å². The Morgan fingerprint density at radius 2 is 1.94 bits per heavy atom. The summed E-state index contributed by atoms with van der Waals surface area (Å²) in [5, 5.41) is 9.86. The van der Waals surface area contributed by atoms with E-state index < -0.39 is 5.60 Å². The van der Waals surface area contributed by atoms with E-state index in [0.29, 0.717) is 12.6 Å². The topological polar surface area (TPSA) is 49.5 Å². The van der Waals surface area contributed by atoms with Crippen LogP contribution in [0.25, 0.3) is 0 Å². The Kier molecular flexibility index (Phi) is 6.09. The molecule has 1 saturated heterocycles. The Morgan fingerprint density at radius 1 is 1.28 bits per heavy atom. The van der Waals surface area contributed by atoms with Crippen LogP contribution in [0.15, 0.2) is 0 Å². The van der Waals surface area contributed by atoms with Crippen molar-refractivity contribution in [1.29, 1.82) is 0 Å². The van der Waals surface area contributed by atoms with Crippen molar-refractivity contribution in [2.45, 2.75) is 65.0 Å². The van der Waals surface area contributed by atoms with E-state index in [-0.39, 0.29) is 0 Å². The smallest absolute Gasteiger partial charge is 0.0741 e. The third-order valence-electron chi connectivity index (χ3n) is 4.57. The molecule has 1 rings (SSSR count). The molecule has 0 aromatic heterocycles. The summed E-state index contributed by atoms with van der Waals surface area (Å²) < 4.78 is 0. The number of nitrogens with zero attached hydrogens (tertiary/aromatic N) is 1. The van der Waals surface area contributed by atoms with Gasteiger partial charge >= 0.3 is 0 Å². The van der Waals surface area contributed by atoms with E-state index in [1.165, 1.54) is 19.4 Å². The van der Waals surface area contributed by atoms with Crippen molar-refractivity contribution in [3.05, 3.63) is 0 Å². The van der Waals surface area contributed by atoms with Gasteiger partial charge in [0, 0.05) is 19.1 Å². The van der Waals surface area contributed by atoms with Crippen molar-refractivity contribution in [3.63, 3.8) is 0 Å². The zero-order chi connectivity index (χ0) is 13.8. The number of unbranched alkanes of at least 4 members (excludes halogenated alkanes) is 1. The van der Waals surface area contributed by atoms with Crippen molar-refractivity contribution >= 4 is 0 Å². The molecule has 0 aliphatic carbocycles. The van der Waals surface area contributed by atoms with Crippen LogP contribution in [0.4, 0.5) is 0 Å². The summed E-state index contributed by atoms with van der Waals surface area (Å²) in [5.74, 6) is 1.63. The first-order chi connectivity index (χ1) is 8.35. The second-order valence-corrected chi connectivity index (χ2v) is 6.71. The maximum Gasteiger partial charge on any atom is 0.0741 e. The third kappa shape index (κ3) is 4.87. The monoisotopic (exact) mass is 256 g/mol. The molecule has 0 spiro atoms. The normalized spacial score (nSPS) is 33.3. The number of hydrogen-bond donors (Lipinski definition) is 2. The van der Waals surface area contributed by atoms with Gasteiger partial charge in [-0.15, -0.1) is 0 Å². The SMILES string of the molecule is CC1CC(C)C(C)N(CCCCC(C)(O)CN)C1. The summed E-state index contributed by atoms with van der Waals surface area (Å²) in [6.07, 6.45) is 4.41. The summed E-state index contributed by atoms with van der Waals surface area (Å²) in [7, 11) is 0. The molecule has 108 valence electrons. The number of likely N-dealkylation sites (tertiary alicyclic amines) is 1. The van der Waals surface area contributed by atoms with Gasteiger partial charge in [-0.3, -0.25) is 0 Å². The van der Waals surface area contributed by atoms with Gasteiger partial charge in [0.1, 0.15) is 0 Å². The van der Waals surface area contributed by atoms with Crippen LogP contribution in [0.5, 0.6) is 0 Å². The van der Waals surface area contributed by atoms with E-state index >= 15 is 0 Å². The lowest BCUT2D eigenvalue weighted by atomic mass is 9.86. The Morgan fingerprint density at radius 3 is 2.56 bits per heavy atom. The van der Waals surface area contributed by atoms with Gasteiger partial charge in [-0.1, -0.05) is 13.8 Å². The van der Waals surface area contributed by atoms with Crippen LogP contribution in [0.2, 0.25) is 0 Å². The molecule has 1 heterocycles. The quantitative estimate of drug-likeness (QED) is 0.717. The van der Waals surface area contributed by atoms with Crippen molar-refractivity contribution in [3.8, 4) is 0 Å². The lowest BCUT2D eigenvalue weighted by molar-refractivity contribution is 0.0507. The highest BCUT2D eigenvalue weighted by atomic mass is 16.3. The highest BCUT2D eigenvalue weighted by molar-refractivity contribution is 4.82. The average Bonchev–Trinajstić information content (AvgIpc) is 2.30. The summed E-state index contributed by atoms with van der Waals surface area (Å²) in [4.78, 5) is 2.62. The van der Waals surface area contributed by atoms with Crippen LogP contribution >= 0.6 is 0 Å². The van der Waals surface area contributed by atoms with Gasteiger partial charge in [0.05, 0.1) is 5.60 Å². The maximum atomic E-state index is 9.86.